The van der Waals surface area contributed by atoms with Crippen LogP contribution in [-0.2, 0) is 6.42 Å². The van der Waals surface area contributed by atoms with Crippen LogP contribution in [0.4, 0.5) is 0 Å². The van der Waals surface area contributed by atoms with Gasteiger partial charge in [0.15, 0.2) is 11.6 Å². The van der Waals surface area contributed by atoms with E-state index < -0.39 is 0 Å². The van der Waals surface area contributed by atoms with Crippen LogP contribution in [-0.4, -0.2) is 51.9 Å². The number of hydrogen-bond acceptors (Lipinski definition) is 4. The minimum absolute atomic E-state index is 0. The monoisotopic (exact) mass is 502 g/mol. The van der Waals surface area contributed by atoms with E-state index in [2.05, 4.69) is 41.6 Å². The molecular weight excluding hydrogens is 467 g/mol. The number of aromatic nitrogens is 3. The maximum Gasteiger partial charge on any atom is 0.191 e. The third-order valence-electron chi connectivity index (χ3n) is 5.31. The maximum atomic E-state index is 9.38. The molecule has 0 aliphatic rings. The Kier molecular flexibility index (Phi) is 11.4. The Balaban J connectivity index is 0.00000392. The molecule has 2 rings (SSSR count). The summed E-state index contributed by atoms with van der Waals surface area (Å²) in [7, 11) is 0. The fourth-order valence-electron chi connectivity index (χ4n) is 3.25. The molecule has 3 N–H and O–H groups in total. The van der Waals surface area contributed by atoms with Gasteiger partial charge >= 0.3 is 0 Å². The Morgan fingerprint density at radius 1 is 1.18 bits per heavy atom. The first-order valence-corrected chi connectivity index (χ1v) is 10.1. The van der Waals surface area contributed by atoms with Crippen LogP contribution in [0.2, 0.25) is 0 Å². The van der Waals surface area contributed by atoms with E-state index in [0.29, 0.717) is 0 Å². The van der Waals surface area contributed by atoms with Gasteiger partial charge in [-0.05, 0) is 50.2 Å². The van der Waals surface area contributed by atoms with Crippen molar-refractivity contribution in [3.8, 4) is 0 Å². The van der Waals surface area contributed by atoms with Crippen molar-refractivity contribution in [2.45, 2.75) is 52.9 Å². The van der Waals surface area contributed by atoms with Gasteiger partial charge in [-0.15, -0.1) is 34.2 Å². The predicted molar refractivity (Wildman–Crippen MR) is 125 cm³/mol. The molecule has 7 nitrogen and oxygen atoms in total. The van der Waals surface area contributed by atoms with Crippen molar-refractivity contribution < 1.29 is 5.11 Å². The summed E-state index contributed by atoms with van der Waals surface area (Å²) in [4.78, 5) is 4.78. The molecule has 2 aromatic heterocycles. The molecule has 2 aromatic rings. The number of nitrogens with zero attached hydrogens (tertiary/aromatic N) is 4. The fourth-order valence-corrected chi connectivity index (χ4v) is 3.25. The summed E-state index contributed by atoms with van der Waals surface area (Å²) in [5.74, 6) is 1.82. The minimum Gasteiger partial charge on any atom is -0.396 e. The second-order valence-electron chi connectivity index (χ2n) is 6.95. The minimum atomic E-state index is 0. The van der Waals surface area contributed by atoms with Crippen molar-refractivity contribution >= 4 is 35.6 Å². The summed E-state index contributed by atoms with van der Waals surface area (Å²) >= 11 is 0. The Labute approximate surface area is 185 Å². The van der Waals surface area contributed by atoms with Crippen LogP contribution in [0.3, 0.4) is 0 Å². The van der Waals surface area contributed by atoms with Gasteiger partial charge in [-0.1, -0.05) is 19.9 Å². The van der Waals surface area contributed by atoms with Gasteiger partial charge in [0.1, 0.15) is 5.82 Å². The van der Waals surface area contributed by atoms with E-state index in [1.807, 2.05) is 28.8 Å². The smallest absolute Gasteiger partial charge is 0.191 e. The summed E-state index contributed by atoms with van der Waals surface area (Å²) < 4.78 is 2.03. The van der Waals surface area contributed by atoms with Crippen molar-refractivity contribution in [2.24, 2.45) is 10.4 Å². The molecule has 2 heterocycles. The average Bonchev–Trinajstić information content (AvgIpc) is 3.11. The molecule has 0 atom stereocenters. The second-order valence-corrected chi connectivity index (χ2v) is 6.95. The van der Waals surface area contributed by atoms with Crippen LogP contribution < -0.4 is 10.6 Å². The van der Waals surface area contributed by atoms with Crippen LogP contribution in [0.25, 0.3) is 5.65 Å². The number of fused-ring (bicyclic) bond motifs is 1. The largest absolute Gasteiger partial charge is 0.396 e. The van der Waals surface area contributed by atoms with E-state index in [9.17, 15) is 5.11 Å². The van der Waals surface area contributed by atoms with E-state index in [0.717, 1.165) is 69.2 Å². The highest BCUT2D eigenvalue weighted by Gasteiger charge is 2.25. The Morgan fingerprint density at radius 3 is 2.64 bits per heavy atom. The number of aryl methyl sites for hydroxylation is 1. The summed E-state index contributed by atoms with van der Waals surface area (Å²) in [5.41, 5.74) is 0.965. The summed E-state index contributed by atoms with van der Waals surface area (Å²) in [5, 5.41) is 24.6. The molecule has 0 radical (unpaired) electrons. The average molecular weight is 502 g/mol. The first-order chi connectivity index (χ1) is 13.2. The van der Waals surface area contributed by atoms with Crippen LogP contribution in [0, 0.1) is 5.41 Å². The van der Waals surface area contributed by atoms with Crippen LogP contribution in [0.1, 0.15) is 52.3 Å². The van der Waals surface area contributed by atoms with E-state index in [4.69, 9.17) is 4.99 Å². The molecule has 0 saturated heterocycles. The number of halogens is 1. The molecule has 0 spiro atoms. The molecule has 0 amide bonds. The molecule has 0 aliphatic carbocycles. The van der Waals surface area contributed by atoms with Crippen molar-refractivity contribution in [3.63, 3.8) is 0 Å². The van der Waals surface area contributed by atoms with Crippen molar-refractivity contribution in [1.82, 2.24) is 25.2 Å². The van der Waals surface area contributed by atoms with Gasteiger partial charge in [-0.2, -0.15) is 0 Å². The van der Waals surface area contributed by atoms with Gasteiger partial charge in [0.25, 0.3) is 0 Å². The number of aliphatic hydroxyl groups excluding tert-OH is 1. The van der Waals surface area contributed by atoms with Crippen LogP contribution in [0.15, 0.2) is 29.4 Å². The molecule has 0 unspecified atom stereocenters. The maximum absolute atomic E-state index is 9.38. The highest BCUT2D eigenvalue weighted by molar-refractivity contribution is 14.0. The first-order valence-electron chi connectivity index (χ1n) is 10.1. The zero-order chi connectivity index (χ0) is 19.5. The fraction of sp³-hybridized carbons (Fsp3) is 0.650. The molecule has 0 aliphatic heterocycles. The number of pyridine rings is 1. The highest BCUT2D eigenvalue weighted by atomic mass is 127. The van der Waals surface area contributed by atoms with Gasteiger partial charge < -0.3 is 15.7 Å². The molecule has 0 bridgehead atoms. The molecule has 0 saturated carbocycles. The lowest BCUT2D eigenvalue weighted by molar-refractivity contribution is 0.175. The lowest BCUT2D eigenvalue weighted by Gasteiger charge is -2.29. The van der Waals surface area contributed by atoms with E-state index >= 15 is 0 Å². The Bertz CT molecular complexity index is 714. The number of nitrogens with one attached hydrogen (secondary N) is 2. The second kappa shape index (κ2) is 12.9. The number of rotatable bonds is 11. The third kappa shape index (κ3) is 6.88. The highest BCUT2D eigenvalue weighted by Crippen LogP contribution is 2.30. The van der Waals surface area contributed by atoms with Crippen molar-refractivity contribution in [2.75, 3.05) is 26.2 Å². The topological polar surface area (TPSA) is 86.8 Å². The quantitative estimate of drug-likeness (QED) is 0.190. The zero-order valence-corrected chi connectivity index (χ0v) is 19.6. The zero-order valence-electron chi connectivity index (χ0n) is 17.3. The Morgan fingerprint density at radius 2 is 1.96 bits per heavy atom. The van der Waals surface area contributed by atoms with Crippen LogP contribution >= 0.6 is 24.0 Å². The lowest BCUT2D eigenvalue weighted by Crippen LogP contribution is -2.39. The number of aliphatic hydroxyl groups is 1. The standard InChI is InChI=1S/C20H34N6O.HI/c1-4-20(5-2,12-15-27)16-23-19(21-6-3)22-13-9-11-18-25-24-17-10-7-8-14-26(17)18;/h7-8,10,14,27H,4-6,9,11-13,15-16H2,1-3H3,(H2,21,22,23);1H. The third-order valence-corrected chi connectivity index (χ3v) is 5.31. The normalized spacial score (nSPS) is 12.1. The van der Waals surface area contributed by atoms with Gasteiger partial charge in [0.2, 0.25) is 0 Å². The number of guanidine groups is 1. The van der Waals surface area contributed by atoms with E-state index in [1.54, 1.807) is 0 Å². The summed E-state index contributed by atoms with van der Waals surface area (Å²) in [6.45, 7) is 9.01. The molecular formula is C20H35IN6O. The summed E-state index contributed by atoms with van der Waals surface area (Å²) in [6.07, 6.45) is 6.64. The van der Waals surface area contributed by atoms with Gasteiger partial charge in [0.05, 0.1) is 0 Å². The molecule has 0 aromatic carbocycles. The van der Waals surface area contributed by atoms with Crippen LogP contribution in [0.5, 0.6) is 0 Å². The molecule has 8 heteroatoms. The number of aliphatic imine (C=N–C) groups is 1. The van der Waals surface area contributed by atoms with E-state index in [-0.39, 0.29) is 36.0 Å². The molecule has 28 heavy (non-hydrogen) atoms. The van der Waals surface area contributed by atoms with E-state index in [1.165, 1.54) is 0 Å². The number of hydrogen-bond donors (Lipinski definition) is 3. The Hall–Kier alpha value is -1.42. The SMILES string of the molecule is CCNC(=NCC(CC)(CC)CCO)NCCCc1nnc2ccccn12.I. The first kappa shape index (κ1) is 24.6. The van der Waals surface area contributed by atoms with Gasteiger partial charge in [-0.25, -0.2) is 0 Å². The summed E-state index contributed by atoms with van der Waals surface area (Å²) in [6, 6.07) is 5.93. The van der Waals surface area contributed by atoms with Crippen molar-refractivity contribution in [1.29, 1.82) is 0 Å². The molecule has 0 fully saturated rings. The van der Waals surface area contributed by atoms with Gasteiger partial charge in [0, 0.05) is 38.9 Å². The van der Waals surface area contributed by atoms with Gasteiger partial charge in [-0.3, -0.25) is 9.39 Å². The lowest BCUT2D eigenvalue weighted by atomic mass is 9.79. The molecule has 158 valence electrons. The predicted octanol–water partition coefficient (Wildman–Crippen LogP) is 3.02. The van der Waals surface area contributed by atoms with Crippen molar-refractivity contribution in [3.05, 3.63) is 30.2 Å².